The normalized spacial score (nSPS) is 20.7. The Morgan fingerprint density at radius 3 is 2.35 bits per heavy atom. The molecule has 2 atom stereocenters. The highest BCUT2D eigenvalue weighted by molar-refractivity contribution is 5.93. The van der Waals surface area contributed by atoms with Crippen LogP contribution in [-0.2, 0) is 9.53 Å². The minimum atomic E-state index is -0.319. The fraction of sp³-hybridized carbons (Fsp3) is 0.500. The van der Waals surface area contributed by atoms with Crippen LogP contribution in [0.5, 0.6) is 0 Å². The number of urea groups is 1. The van der Waals surface area contributed by atoms with Crippen LogP contribution in [0.2, 0.25) is 0 Å². The fourth-order valence-corrected chi connectivity index (χ4v) is 4.45. The number of para-hydroxylation sites is 2. The van der Waals surface area contributed by atoms with E-state index < -0.39 is 0 Å². The highest BCUT2D eigenvalue weighted by Crippen LogP contribution is 2.28. The van der Waals surface area contributed by atoms with Crippen molar-refractivity contribution in [3.63, 3.8) is 0 Å². The first-order valence-corrected chi connectivity index (χ1v) is 11.8. The van der Waals surface area contributed by atoms with Gasteiger partial charge in [-0.25, -0.2) is 14.8 Å². The van der Waals surface area contributed by atoms with Crippen molar-refractivity contribution in [1.29, 1.82) is 0 Å². The minimum Gasteiger partial charge on any atom is -0.372 e. The van der Waals surface area contributed by atoms with Crippen molar-refractivity contribution >= 4 is 29.3 Å². The maximum atomic E-state index is 12.6. The third-order valence-electron chi connectivity index (χ3n) is 6.00. The topological polar surface area (TPSA) is 103 Å². The lowest BCUT2D eigenvalue weighted by Crippen LogP contribution is -2.49. The van der Waals surface area contributed by atoms with Crippen LogP contribution in [0.1, 0.15) is 20.3 Å². The zero-order valence-corrected chi connectivity index (χ0v) is 19.8. The molecule has 0 aliphatic carbocycles. The summed E-state index contributed by atoms with van der Waals surface area (Å²) in [5, 5.41) is 5.75. The van der Waals surface area contributed by atoms with E-state index in [0.717, 1.165) is 24.5 Å². The highest BCUT2D eigenvalue weighted by atomic mass is 16.5. The molecule has 2 aliphatic heterocycles. The van der Waals surface area contributed by atoms with Crippen LogP contribution < -0.4 is 20.4 Å². The summed E-state index contributed by atoms with van der Waals surface area (Å²) < 4.78 is 5.83. The standard InChI is InChI=1S/C24H33N7O3/c1-18-16-31(17-19(2)34-18)21-7-4-3-6-20(21)28-24(33)27-11-8-22(32)29-12-14-30(15-13-29)23-25-9-5-10-26-23/h3-7,9-10,18-19H,8,11-17H2,1-2H3,(H2,27,28,33). The molecule has 0 bridgehead atoms. The summed E-state index contributed by atoms with van der Waals surface area (Å²) in [5.74, 6) is 0.722. The zero-order chi connectivity index (χ0) is 23.9. The molecule has 0 spiro atoms. The molecular formula is C24H33N7O3. The Morgan fingerprint density at radius 2 is 1.65 bits per heavy atom. The summed E-state index contributed by atoms with van der Waals surface area (Å²) in [7, 11) is 0. The molecule has 3 heterocycles. The molecule has 4 rings (SSSR count). The second-order valence-corrected chi connectivity index (χ2v) is 8.73. The summed E-state index contributed by atoms with van der Waals surface area (Å²) in [4.78, 5) is 39.8. The number of nitrogens with one attached hydrogen (secondary N) is 2. The molecule has 2 aliphatic rings. The summed E-state index contributed by atoms with van der Waals surface area (Å²) in [6.07, 6.45) is 3.95. The summed E-state index contributed by atoms with van der Waals surface area (Å²) in [5.41, 5.74) is 1.71. The molecule has 1 aromatic carbocycles. The van der Waals surface area contributed by atoms with Gasteiger partial charge >= 0.3 is 6.03 Å². The Labute approximate surface area is 200 Å². The van der Waals surface area contributed by atoms with Crippen molar-refractivity contribution in [3.05, 3.63) is 42.7 Å². The van der Waals surface area contributed by atoms with E-state index >= 15 is 0 Å². The van der Waals surface area contributed by atoms with Crippen molar-refractivity contribution in [2.45, 2.75) is 32.5 Å². The van der Waals surface area contributed by atoms with E-state index in [4.69, 9.17) is 4.74 Å². The second kappa shape index (κ2) is 11.1. The first-order valence-electron chi connectivity index (χ1n) is 11.8. The van der Waals surface area contributed by atoms with Gasteiger partial charge in [-0.05, 0) is 32.0 Å². The molecule has 0 radical (unpaired) electrons. The summed E-state index contributed by atoms with van der Waals surface area (Å²) >= 11 is 0. The van der Waals surface area contributed by atoms with Crippen molar-refractivity contribution in [1.82, 2.24) is 20.2 Å². The lowest BCUT2D eigenvalue weighted by Gasteiger charge is -2.37. The van der Waals surface area contributed by atoms with Crippen LogP contribution >= 0.6 is 0 Å². The molecule has 182 valence electrons. The third kappa shape index (κ3) is 6.13. The zero-order valence-electron chi connectivity index (χ0n) is 19.8. The van der Waals surface area contributed by atoms with Crippen LogP contribution in [0.25, 0.3) is 0 Å². The monoisotopic (exact) mass is 467 g/mol. The Bertz CT molecular complexity index is 956. The van der Waals surface area contributed by atoms with E-state index in [9.17, 15) is 9.59 Å². The second-order valence-electron chi connectivity index (χ2n) is 8.73. The van der Waals surface area contributed by atoms with Gasteiger partial charge in [-0.3, -0.25) is 4.79 Å². The van der Waals surface area contributed by atoms with Crippen molar-refractivity contribution in [3.8, 4) is 0 Å². The first-order chi connectivity index (χ1) is 16.5. The van der Waals surface area contributed by atoms with Crippen LogP contribution in [0.3, 0.4) is 0 Å². The smallest absolute Gasteiger partial charge is 0.319 e. The number of morpholine rings is 1. The first kappa shape index (κ1) is 23.7. The molecule has 10 heteroatoms. The van der Waals surface area contributed by atoms with Gasteiger partial charge in [0.15, 0.2) is 0 Å². The quantitative estimate of drug-likeness (QED) is 0.669. The summed E-state index contributed by atoms with van der Waals surface area (Å²) in [6.45, 7) is 8.54. The number of ether oxygens (including phenoxy) is 1. The Morgan fingerprint density at radius 1 is 0.971 bits per heavy atom. The number of rotatable bonds is 6. The molecule has 2 N–H and O–H groups in total. The molecule has 10 nitrogen and oxygen atoms in total. The number of carbonyl (C=O) groups excluding carboxylic acids is 2. The molecule has 3 amide bonds. The number of piperazine rings is 1. The fourth-order valence-electron chi connectivity index (χ4n) is 4.45. The van der Waals surface area contributed by atoms with Crippen molar-refractivity contribution < 1.29 is 14.3 Å². The van der Waals surface area contributed by atoms with E-state index in [1.165, 1.54) is 0 Å². The van der Waals surface area contributed by atoms with Gasteiger partial charge in [-0.15, -0.1) is 0 Å². The number of benzene rings is 1. The lowest BCUT2D eigenvalue weighted by atomic mass is 10.1. The van der Waals surface area contributed by atoms with Gasteiger partial charge < -0.3 is 30.1 Å². The Kier molecular flexibility index (Phi) is 7.79. The number of amides is 3. The molecule has 1 aromatic heterocycles. The van der Waals surface area contributed by atoms with Gasteiger partial charge in [0.1, 0.15) is 0 Å². The van der Waals surface area contributed by atoms with E-state index in [0.29, 0.717) is 32.1 Å². The van der Waals surface area contributed by atoms with Gasteiger partial charge in [-0.1, -0.05) is 12.1 Å². The van der Waals surface area contributed by atoms with Gasteiger partial charge in [0.05, 0.1) is 23.6 Å². The molecule has 2 aromatic rings. The Hall–Kier alpha value is -3.40. The largest absolute Gasteiger partial charge is 0.372 e. The van der Waals surface area contributed by atoms with E-state index in [1.807, 2.05) is 29.2 Å². The molecule has 0 saturated carbocycles. The van der Waals surface area contributed by atoms with Crippen LogP contribution in [0, 0.1) is 0 Å². The van der Waals surface area contributed by atoms with E-state index in [1.54, 1.807) is 18.5 Å². The SMILES string of the molecule is CC1CN(c2ccccc2NC(=O)NCCC(=O)N2CCN(c3ncccn3)CC2)CC(C)O1. The van der Waals surface area contributed by atoms with Crippen molar-refractivity contribution in [2.24, 2.45) is 0 Å². The lowest BCUT2D eigenvalue weighted by molar-refractivity contribution is -0.131. The van der Waals surface area contributed by atoms with Gasteiger partial charge in [-0.2, -0.15) is 0 Å². The number of hydrogen-bond acceptors (Lipinski definition) is 7. The number of anilines is 3. The van der Waals surface area contributed by atoms with Crippen LogP contribution in [0.15, 0.2) is 42.7 Å². The molecule has 2 unspecified atom stereocenters. The highest BCUT2D eigenvalue weighted by Gasteiger charge is 2.25. The molecule has 34 heavy (non-hydrogen) atoms. The third-order valence-corrected chi connectivity index (χ3v) is 6.00. The molecular weight excluding hydrogens is 434 g/mol. The van der Waals surface area contributed by atoms with E-state index in [-0.39, 0.29) is 37.1 Å². The predicted molar refractivity (Wildman–Crippen MR) is 131 cm³/mol. The minimum absolute atomic E-state index is 0.0330. The number of nitrogens with zero attached hydrogens (tertiary/aromatic N) is 5. The predicted octanol–water partition coefficient (Wildman–Crippen LogP) is 1.95. The average Bonchev–Trinajstić information content (AvgIpc) is 2.84. The number of carbonyl (C=O) groups is 2. The Balaban J connectivity index is 1.22. The van der Waals surface area contributed by atoms with Crippen LogP contribution in [-0.4, -0.2) is 84.8 Å². The molecule has 2 fully saturated rings. The van der Waals surface area contributed by atoms with Gasteiger partial charge in [0.2, 0.25) is 11.9 Å². The van der Waals surface area contributed by atoms with Gasteiger partial charge in [0, 0.05) is 64.6 Å². The molecule has 2 saturated heterocycles. The van der Waals surface area contributed by atoms with E-state index in [2.05, 4.69) is 44.2 Å². The average molecular weight is 468 g/mol. The maximum Gasteiger partial charge on any atom is 0.319 e. The van der Waals surface area contributed by atoms with Gasteiger partial charge in [0.25, 0.3) is 0 Å². The maximum absolute atomic E-state index is 12.6. The summed E-state index contributed by atoms with van der Waals surface area (Å²) in [6, 6.07) is 9.22. The van der Waals surface area contributed by atoms with Crippen LogP contribution in [0.4, 0.5) is 22.1 Å². The van der Waals surface area contributed by atoms with Crippen molar-refractivity contribution in [2.75, 3.05) is 60.9 Å². The number of aromatic nitrogens is 2. The number of hydrogen-bond donors (Lipinski definition) is 2.